The highest BCUT2D eigenvalue weighted by Crippen LogP contribution is 2.45. The molecule has 0 unspecified atom stereocenters. The summed E-state index contributed by atoms with van der Waals surface area (Å²) < 4.78 is 0. The highest BCUT2D eigenvalue weighted by molar-refractivity contribution is 6.01. The summed E-state index contributed by atoms with van der Waals surface area (Å²) in [5.74, 6) is -0.299. The van der Waals surface area contributed by atoms with Gasteiger partial charge in [-0.15, -0.1) is 5.06 Å². The number of H-pyrrole nitrogens is 1. The molecule has 1 N–H and O–H groups in total. The highest BCUT2D eigenvalue weighted by Gasteiger charge is 2.45. The molecule has 0 radical (unpaired) electrons. The van der Waals surface area contributed by atoms with E-state index in [1.807, 2.05) is 12.0 Å². The molecule has 156 valence electrons. The van der Waals surface area contributed by atoms with E-state index in [2.05, 4.69) is 71.7 Å². The van der Waals surface area contributed by atoms with Gasteiger partial charge in [-0.3, -0.25) is 9.79 Å². The zero-order valence-corrected chi connectivity index (χ0v) is 19.2. The van der Waals surface area contributed by atoms with E-state index in [0.717, 1.165) is 34.8 Å². The van der Waals surface area contributed by atoms with Gasteiger partial charge in [0.15, 0.2) is 0 Å². The number of aromatic nitrogens is 1. The van der Waals surface area contributed by atoms with Gasteiger partial charge in [0.1, 0.15) is 0 Å². The van der Waals surface area contributed by atoms with E-state index < -0.39 is 5.54 Å². The Morgan fingerprint density at radius 1 is 1.17 bits per heavy atom. The van der Waals surface area contributed by atoms with Gasteiger partial charge in [0.05, 0.1) is 22.5 Å². The predicted octanol–water partition coefficient (Wildman–Crippen LogP) is 5.43. The van der Waals surface area contributed by atoms with Crippen LogP contribution in [-0.4, -0.2) is 32.8 Å². The lowest BCUT2D eigenvalue weighted by atomic mass is 9.78. The number of carbonyl (C=O) groups excluding carboxylic acids is 1. The van der Waals surface area contributed by atoms with Gasteiger partial charge in [-0.25, -0.2) is 0 Å². The molecule has 1 aromatic rings. The second-order valence-corrected chi connectivity index (χ2v) is 9.50. The van der Waals surface area contributed by atoms with E-state index >= 15 is 0 Å². The van der Waals surface area contributed by atoms with Crippen molar-refractivity contribution in [3.05, 3.63) is 52.0 Å². The van der Waals surface area contributed by atoms with Gasteiger partial charge >= 0.3 is 5.97 Å². The van der Waals surface area contributed by atoms with Gasteiger partial charge < -0.3 is 9.82 Å². The van der Waals surface area contributed by atoms with Gasteiger partial charge in [0, 0.05) is 23.9 Å². The topological polar surface area (TPSA) is 57.7 Å². The summed E-state index contributed by atoms with van der Waals surface area (Å²) in [6.07, 6.45) is 5.09. The Labute approximate surface area is 174 Å². The van der Waals surface area contributed by atoms with Crippen molar-refractivity contribution in [2.24, 2.45) is 4.99 Å². The number of hydroxylamine groups is 2. The minimum absolute atomic E-state index is 0.299. The first-order valence-corrected chi connectivity index (χ1v) is 10.2. The number of rotatable bonds is 3. The number of nitrogens with zero attached hydrogens (tertiary/aromatic N) is 2. The van der Waals surface area contributed by atoms with E-state index in [1.165, 1.54) is 23.6 Å². The third-order valence-corrected chi connectivity index (χ3v) is 5.49. The summed E-state index contributed by atoms with van der Waals surface area (Å²) in [5.41, 5.74) is 8.20. The number of aryl methyl sites for hydroxylation is 2. The van der Waals surface area contributed by atoms with Gasteiger partial charge in [-0.05, 0) is 90.7 Å². The first kappa shape index (κ1) is 21.3. The Morgan fingerprint density at radius 2 is 1.83 bits per heavy atom. The third kappa shape index (κ3) is 4.01. The molecular weight excluding hydrogens is 362 g/mol. The van der Waals surface area contributed by atoms with E-state index in [4.69, 9.17) is 9.83 Å². The lowest BCUT2D eigenvalue weighted by Gasteiger charge is -2.49. The average Bonchev–Trinajstić information content (AvgIpc) is 3.04. The molecule has 29 heavy (non-hydrogen) atoms. The molecule has 3 heterocycles. The first-order chi connectivity index (χ1) is 13.3. The molecule has 0 aromatic carbocycles. The maximum atomic E-state index is 11.7. The van der Waals surface area contributed by atoms with Crippen molar-refractivity contribution in [3.8, 4) is 0 Å². The van der Waals surface area contributed by atoms with Crippen molar-refractivity contribution < 1.29 is 9.63 Å². The first-order valence-electron chi connectivity index (χ1n) is 10.2. The van der Waals surface area contributed by atoms with Crippen LogP contribution < -0.4 is 0 Å². The Bertz CT molecular complexity index is 984. The Balaban J connectivity index is 2.24. The van der Waals surface area contributed by atoms with Crippen LogP contribution in [0.2, 0.25) is 0 Å². The molecule has 0 fully saturated rings. The normalized spacial score (nSPS) is 22.7. The van der Waals surface area contributed by atoms with Crippen LogP contribution in [0.5, 0.6) is 0 Å². The van der Waals surface area contributed by atoms with Crippen LogP contribution in [0.3, 0.4) is 0 Å². The minimum Gasteiger partial charge on any atom is -0.367 e. The second kappa shape index (κ2) is 7.13. The van der Waals surface area contributed by atoms with E-state index in [1.54, 1.807) is 0 Å². The zero-order valence-electron chi connectivity index (χ0n) is 19.2. The van der Waals surface area contributed by atoms with Crippen molar-refractivity contribution in [3.63, 3.8) is 0 Å². The monoisotopic (exact) mass is 395 g/mol. The molecule has 1 aromatic heterocycles. The summed E-state index contributed by atoms with van der Waals surface area (Å²) >= 11 is 0. The number of carbonyl (C=O) groups is 1. The van der Waals surface area contributed by atoms with Crippen LogP contribution in [0.15, 0.2) is 40.1 Å². The smallest absolute Gasteiger partial charge is 0.322 e. The summed E-state index contributed by atoms with van der Waals surface area (Å²) in [7, 11) is 0. The summed E-state index contributed by atoms with van der Waals surface area (Å²) in [4.78, 5) is 25.8. The molecular formula is C24H33N3O2. The average molecular weight is 396 g/mol. The van der Waals surface area contributed by atoms with Gasteiger partial charge in [0.2, 0.25) is 0 Å². The van der Waals surface area contributed by atoms with Crippen LogP contribution in [0.1, 0.15) is 71.8 Å². The largest absolute Gasteiger partial charge is 0.367 e. The molecule has 0 saturated heterocycles. The maximum Gasteiger partial charge on any atom is 0.322 e. The third-order valence-electron chi connectivity index (χ3n) is 5.49. The number of aliphatic imine (C=N–C) groups is 1. The number of allylic oxidation sites excluding steroid dienone is 3. The standard InChI is InChI=1S/C24H33N3O2/c1-14-10-16(3)25-21(14)20(22-15(2)11-17(4)26-22)19-12-23(6,7)27(29-18(5)28)24(8,9)13-19/h10-12,25H,13H2,1-9H3/b22-20-. The molecule has 0 bridgehead atoms. The summed E-state index contributed by atoms with van der Waals surface area (Å²) in [5, 5.41) is 1.83. The molecule has 0 amide bonds. The molecule has 2 aliphatic heterocycles. The van der Waals surface area contributed by atoms with Crippen molar-refractivity contribution in [2.45, 2.75) is 79.8 Å². The summed E-state index contributed by atoms with van der Waals surface area (Å²) in [6, 6.07) is 2.17. The molecule has 5 heteroatoms. The lowest BCUT2D eigenvalue weighted by Crippen LogP contribution is -2.57. The molecule has 0 aliphatic carbocycles. The van der Waals surface area contributed by atoms with E-state index in [0.29, 0.717) is 0 Å². The Morgan fingerprint density at radius 3 is 2.28 bits per heavy atom. The molecule has 2 aliphatic rings. The lowest BCUT2D eigenvalue weighted by molar-refractivity contribution is -0.244. The number of hydrogen-bond donors (Lipinski definition) is 1. The minimum atomic E-state index is -0.459. The number of aromatic amines is 1. The van der Waals surface area contributed by atoms with Gasteiger partial charge in [-0.2, -0.15) is 0 Å². The van der Waals surface area contributed by atoms with Crippen molar-refractivity contribution in [2.75, 3.05) is 0 Å². The highest BCUT2D eigenvalue weighted by atomic mass is 16.7. The Kier molecular flexibility index (Phi) is 5.24. The number of hydrogen-bond acceptors (Lipinski definition) is 4. The molecule has 5 nitrogen and oxygen atoms in total. The van der Waals surface area contributed by atoms with Crippen LogP contribution in [0, 0.1) is 13.8 Å². The SMILES string of the molecule is CC(=O)ON1C(C)(C)C=C(/C(=C2/N=C(C)C=C2C)c2[nH]c(C)cc2C)CC1(C)C. The van der Waals surface area contributed by atoms with Crippen LogP contribution in [-0.2, 0) is 9.63 Å². The molecule has 3 rings (SSSR count). The van der Waals surface area contributed by atoms with Crippen LogP contribution in [0.25, 0.3) is 5.57 Å². The zero-order chi connectivity index (χ0) is 21.7. The van der Waals surface area contributed by atoms with Gasteiger partial charge in [0.25, 0.3) is 0 Å². The fraction of sp³-hybridized carbons (Fsp3) is 0.500. The number of nitrogens with one attached hydrogen (secondary N) is 1. The maximum absolute atomic E-state index is 11.7. The predicted molar refractivity (Wildman–Crippen MR) is 119 cm³/mol. The van der Waals surface area contributed by atoms with Crippen molar-refractivity contribution >= 4 is 17.3 Å². The molecule has 0 saturated carbocycles. The van der Waals surface area contributed by atoms with Gasteiger partial charge in [-0.1, -0.05) is 6.08 Å². The second-order valence-electron chi connectivity index (χ2n) is 9.50. The van der Waals surface area contributed by atoms with E-state index in [-0.39, 0.29) is 11.5 Å². The fourth-order valence-electron chi connectivity index (χ4n) is 4.74. The van der Waals surface area contributed by atoms with Crippen molar-refractivity contribution in [1.82, 2.24) is 10.0 Å². The van der Waals surface area contributed by atoms with Crippen molar-refractivity contribution in [1.29, 1.82) is 0 Å². The molecule has 0 spiro atoms. The Hall–Kier alpha value is -2.40. The van der Waals surface area contributed by atoms with Crippen LogP contribution >= 0.6 is 0 Å². The fourth-order valence-corrected chi connectivity index (χ4v) is 4.74. The molecule has 0 atom stereocenters. The van der Waals surface area contributed by atoms with Crippen LogP contribution in [0.4, 0.5) is 0 Å². The quantitative estimate of drug-likeness (QED) is 0.742. The summed E-state index contributed by atoms with van der Waals surface area (Å²) in [6.45, 7) is 18.2. The van der Waals surface area contributed by atoms with E-state index in [9.17, 15) is 4.79 Å².